The van der Waals surface area contributed by atoms with Crippen molar-refractivity contribution in [2.45, 2.75) is 17.9 Å². The number of nitrogens with zero attached hydrogens (tertiary/aromatic N) is 2. The average molecular weight is 480 g/mol. The molecule has 0 saturated heterocycles. The molecule has 2 N–H and O–H groups in total. The number of esters is 1. The van der Waals surface area contributed by atoms with Crippen LogP contribution in [-0.4, -0.2) is 46.2 Å². The number of methoxy groups -OCH3 is 3. The van der Waals surface area contributed by atoms with Crippen molar-refractivity contribution in [2.75, 3.05) is 21.3 Å². The molecule has 0 unspecified atom stereocenters. The number of benzene rings is 2. The van der Waals surface area contributed by atoms with E-state index in [1.54, 1.807) is 22.8 Å². The second-order valence-electron chi connectivity index (χ2n) is 6.52. The van der Waals surface area contributed by atoms with Crippen molar-refractivity contribution >= 4 is 43.5 Å². The van der Waals surface area contributed by atoms with Crippen LogP contribution >= 0.6 is 11.3 Å². The molecule has 0 spiro atoms. The number of carbonyl (C=O) groups is 2. The maximum atomic E-state index is 12.9. The predicted molar refractivity (Wildman–Crippen MR) is 117 cm³/mol. The summed E-state index contributed by atoms with van der Waals surface area (Å²) in [6.07, 6.45) is 0.0342. The first-order chi connectivity index (χ1) is 15.2. The van der Waals surface area contributed by atoms with Crippen LogP contribution in [0.2, 0.25) is 0 Å². The van der Waals surface area contributed by atoms with E-state index in [-0.39, 0.29) is 34.0 Å². The number of primary sulfonamides is 1. The number of hydrogen-bond donors (Lipinski definition) is 1. The Kier molecular flexibility index (Phi) is 6.96. The molecule has 170 valence electrons. The molecule has 32 heavy (non-hydrogen) atoms. The van der Waals surface area contributed by atoms with Crippen molar-refractivity contribution in [3.05, 3.63) is 46.8 Å². The van der Waals surface area contributed by atoms with Crippen LogP contribution in [0.25, 0.3) is 10.2 Å². The van der Waals surface area contributed by atoms with Gasteiger partial charge in [0.05, 0.1) is 48.4 Å². The third-order valence-electron chi connectivity index (χ3n) is 4.59. The lowest BCUT2D eigenvalue weighted by Crippen LogP contribution is -2.19. The van der Waals surface area contributed by atoms with E-state index in [0.29, 0.717) is 16.0 Å². The van der Waals surface area contributed by atoms with Gasteiger partial charge in [0, 0.05) is 12.6 Å². The van der Waals surface area contributed by atoms with E-state index >= 15 is 0 Å². The molecule has 0 atom stereocenters. The molecule has 0 fully saturated rings. The maximum absolute atomic E-state index is 12.9. The van der Waals surface area contributed by atoms with Gasteiger partial charge in [0.1, 0.15) is 11.5 Å². The van der Waals surface area contributed by atoms with Gasteiger partial charge in [0.15, 0.2) is 4.80 Å². The number of aromatic nitrogens is 1. The zero-order valence-electron chi connectivity index (χ0n) is 17.5. The summed E-state index contributed by atoms with van der Waals surface area (Å²) in [5.41, 5.74) is 0.815. The highest BCUT2D eigenvalue weighted by atomic mass is 32.2. The minimum Gasteiger partial charge on any atom is -0.497 e. The lowest BCUT2D eigenvalue weighted by Gasteiger charge is -2.08. The van der Waals surface area contributed by atoms with E-state index in [4.69, 9.17) is 19.3 Å². The van der Waals surface area contributed by atoms with Gasteiger partial charge in [0.2, 0.25) is 10.0 Å². The molecule has 1 heterocycles. The van der Waals surface area contributed by atoms with Crippen molar-refractivity contribution in [2.24, 2.45) is 10.1 Å². The maximum Gasteiger partial charge on any atom is 0.307 e. The van der Waals surface area contributed by atoms with Crippen LogP contribution in [0.1, 0.15) is 16.8 Å². The number of fused-ring (bicyclic) bond motifs is 1. The SMILES string of the molecule is COC(=O)CCn1c(=NC(=O)c2ccc(OC)cc2OC)sc2cc(S(N)(=O)=O)ccc21. The van der Waals surface area contributed by atoms with Gasteiger partial charge in [-0.05, 0) is 30.3 Å². The summed E-state index contributed by atoms with van der Waals surface area (Å²) in [5, 5.41) is 5.23. The topological polar surface area (TPSA) is 139 Å². The fraction of sp³-hybridized carbons (Fsp3) is 0.250. The number of rotatable bonds is 7. The summed E-state index contributed by atoms with van der Waals surface area (Å²) in [7, 11) is 0.293. The number of sulfonamides is 1. The van der Waals surface area contributed by atoms with Crippen LogP contribution < -0.4 is 19.4 Å². The summed E-state index contributed by atoms with van der Waals surface area (Å²) in [4.78, 5) is 29.0. The van der Waals surface area contributed by atoms with Gasteiger partial charge in [-0.15, -0.1) is 0 Å². The van der Waals surface area contributed by atoms with E-state index in [1.165, 1.54) is 39.5 Å². The van der Waals surface area contributed by atoms with E-state index < -0.39 is 21.9 Å². The molecule has 2 aromatic carbocycles. The Morgan fingerprint density at radius 1 is 1.09 bits per heavy atom. The highest BCUT2D eigenvalue weighted by Crippen LogP contribution is 2.26. The molecular formula is C20H21N3O7S2. The number of ether oxygens (including phenoxy) is 3. The second-order valence-corrected chi connectivity index (χ2v) is 9.09. The smallest absolute Gasteiger partial charge is 0.307 e. The average Bonchev–Trinajstić information content (AvgIpc) is 3.12. The molecule has 0 aliphatic rings. The quantitative estimate of drug-likeness (QED) is 0.509. The van der Waals surface area contributed by atoms with E-state index in [9.17, 15) is 18.0 Å². The van der Waals surface area contributed by atoms with Crippen LogP contribution in [0.4, 0.5) is 0 Å². The largest absolute Gasteiger partial charge is 0.497 e. The zero-order valence-corrected chi connectivity index (χ0v) is 19.2. The lowest BCUT2D eigenvalue weighted by atomic mass is 10.2. The van der Waals surface area contributed by atoms with Gasteiger partial charge in [-0.25, -0.2) is 13.6 Å². The Hall–Kier alpha value is -3.22. The minimum absolute atomic E-state index is 0.0342. The molecule has 10 nitrogen and oxygen atoms in total. The molecule has 0 aliphatic carbocycles. The Morgan fingerprint density at radius 2 is 1.84 bits per heavy atom. The van der Waals surface area contributed by atoms with Gasteiger partial charge < -0.3 is 18.8 Å². The molecule has 0 bridgehead atoms. The van der Waals surface area contributed by atoms with Gasteiger partial charge in [0.25, 0.3) is 5.91 Å². The van der Waals surface area contributed by atoms with Crippen LogP contribution in [0.5, 0.6) is 11.5 Å². The Bertz CT molecular complexity index is 1360. The summed E-state index contributed by atoms with van der Waals surface area (Å²) >= 11 is 1.10. The molecule has 3 rings (SSSR count). The molecule has 0 radical (unpaired) electrons. The fourth-order valence-electron chi connectivity index (χ4n) is 2.96. The van der Waals surface area contributed by atoms with E-state index in [1.807, 2.05) is 0 Å². The first-order valence-corrected chi connectivity index (χ1v) is 11.6. The number of aryl methyl sites for hydroxylation is 1. The number of carbonyl (C=O) groups excluding carboxylic acids is 2. The van der Waals surface area contributed by atoms with Gasteiger partial charge in [-0.3, -0.25) is 9.59 Å². The first-order valence-electron chi connectivity index (χ1n) is 9.22. The molecule has 12 heteroatoms. The monoisotopic (exact) mass is 479 g/mol. The molecule has 1 aromatic heterocycles. The zero-order chi connectivity index (χ0) is 23.5. The van der Waals surface area contributed by atoms with Crippen LogP contribution in [-0.2, 0) is 26.1 Å². The highest BCUT2D eigenvalue weighted by molar-refractivity contribution is 7.89. The van der Waals surface area contributed by atoms with Crippen molar-refractivity contribution in [3.8, 4) is 11.5 Å². The summed E-state index contributed by atoms with van der Waals surface area (Å²) < 4.78 is 40.7. The summed E-state index contributed by atoms with van der Waals surface area (Å²) in [6, 6.07) is 9.03. The number of thiazole rings is 1. The van der Waals surface area contributed by atoms with Crippen LogP contribution in [0.15, 0.2) is 46.3 Å². The number of nitrogens with two attached hydrogens (primary N) is 1. The fourth-order valence-corrected chi connectivity index (χ4v) is 4.67. The van der Waals surface area contributed by atoms with Crippen molar-refractivity contribution < 1.29 is 32.2 Å². The number of hydrogen-bond acceptors (Lipinski definition) is 8. The third kappa shape index (κ3) is 4.98. The summed E-state index contributed by atoms with van der Waals surface area (Å²) in [6.45, 7) is 0.174. The van der Waals surface area contributed by atoms with E-state index in [2.05, 4.69) is 4.99 Å². The Labute approximate surface area is 187 Å². The van der Waals surface area contributed by atoms with Gasteiger partial charge in [-0.1, -0.05) is 11.3 Å². The lowest BCUT2D eigenvalue weighted by molar-refractivity contribution is -0.140. The highest BCUT2D eigenvalue weighted by Gasteiger charge is 2.16. The first kappa shape index (κ1) is 23.4. The van der Waals surface area contributed by atoms with Crippen molar-refractivity contribution in [3.63, 3.8) is 0 Å². The third-order valence-corrected chi connectivity index (χ3v) is 6.54. The second kappa shape index (κ2) is 9.51. The van der Waals surface area contributed by atoms with Gasteiger partial charge in [-0.2, -0.15) is 4.99 Å². The predicted octanol–water partition coefficient (Wildman–Crippen LogP) is 1.67. The number of amides is 1. The molecule has 0 saturated carbocycles. The molecule has 0 aliphatic heterocycles. The van der Waals surface area contributed by atoms with Crippen molar-refractivity contribution in [1.82, 2.24) is 4.57 Å². The molecule has 3 aromatic rings. The Balaban J connectivity index is 2.15. The van der Waals surface area contributed by atoms with Crippen LogP contribution in [0, 0.1) is 0 Å². The summed E-state index contributed by atoms with van der Waals surface area (Å²) in [5.74, 6) is -0.206. The Morgan fingerprint density at radius 3 is 2.47 bits per heavy atom. The van der Waals surface area contributed by atoms with Gasteiger partial charge >= 0.3 is 5.97 Å². The van der Waals surface area contributed by atoms with Crippen LogP contribution in [0.3, 0.4) is 0 Å². The van der Waals surface area contributed by atoms with Crippen molar-refractivity contribution in [1.29, 1.82) is 0 Å². The normalized spacial score (nSPS) is 12.1. The molecular weight excluding hydrogens is 458 g/mol. The molecule has 1 amide bonds. The minimum atomic E-state index is -3.91. The standard InChI is InChI=1S/C20H21N3O7S2/c1-28-12-4-6-14(16(10-12)29-2)19(25)22-20-23(9-8-18(24)30-3)15-7-5-13(32(21,26)27)11-17(15)31-20/h4-7,10-11H,8-9H2,1-3H3,(H2,21,26,27). The van der Waals surface area contributed by atoms with E-state index in [0.717, 1.165) is 11.3 Å².